The van der Waals surface area contributed by atoms with E-state index in [0.29, 0.717) is 26.2 Å². The Balaban J connectivity index is 2.05. The van der Waals surface area contributed by atoms with Gasteiger partial charge in [-0.25, -0.2) is 0 Å². The number of hydrogen-bond acceptors (Lipinski definition) is 4. The van der Waals surface area contributed by atoms with Crippen LogP contribution in [0.15, 0.2) is 18.2 Å². The van der Waals surface area contributed by atoms with Gasteiger partial charge in [0.15, 0.2) is 11.5 Å². The van der Waals surface area contributed by atoms with Crippen LogP contribution in [-0.4, -0.2) is 37.1 Å². The predicted molar refractivity (Wildman–Crippen MR) is 72.2 cm³/mol. The van der Waals surface area contributed by atoms with Crippen LogP contribution < -0.4 is 15.2 Å². The van der Waals surface area contributed by atoms with Crippen LogP contribution >= 0.6 is 0 Å². The van der Waals surface area contributed by atoms with Gasteiger partial charge in [0.1, 0.15) is 13.2 Å². The molecule has 1 aromatic carbocycles. The molecule has 1 aromatic rings. The molecular formula is C14H20N2O3. The molecule has 1 heterocycles. The van der Waals surface area contributed by atoms with Crippen molar-refractivity contribution in [3.63, 3.8) is 0 Å². The van der Waals surface area contributed by atoms with Gasteiger partial charge < -0.3 is 20.1 Å². The van der Waals surface area contributed by atoms with E-state index >= 15 is 0 Å². The number of nitrogens with two attached hydrogens (primary N) is 1. The van der Waals surface area contributed by atoms with Crippen molar-refractivity contribution >= 4 is 5.91 Å². The molecule has 19 heavy (non-hydrogen) atoms. The van der Waals surface area contributed by atoms with Crippen molar-refractivity contribution in [1.29, 1.82) is 0 Å². The second kappa shape index (κ2) is 5.93. The molecule has 0 radical (unpaired) electrons. The summed E-state index contributed by atoms with van der Waals surface area (Å²) in [6.45, 7) is 3.56. The third kappa shape index (κ3) is 3.17. The average molecular weight is 264 g/mol. The molecule has 0 aromatic heterocycles. The summed E-state index contributed by atoms with van der Waals surface area (Å²) in [4.78, 5) is 13.6. The lowest BCUT2D eigenvalue weighted by atomic mass is 10.1. The molecular weight excluding hydrogens is 244 g/mol. The number of benzene rings is 1. The van der Waals surface area contributed by atoms with E-state index in [1.54, 1.807) is 11.9 Å². The Morgan fingerprint density at radius 3 is 2.74 bits per heavy atom. The highest BCUT2D eigenvalue weighted by Crippen LogP contribution is 2.31. The van der Waals surface area contributed by atoms with Gasteiger partial charge in [0.2, 0.25) is 5.91 Å². The lowest BCUT2D eigenvalue weighted by molar-refractivity contribution is -0.131. The topological polar surface area (TPSA) is 64.8 Å². The zero-order chi connectivity index (χ0) is 13.8. The molecule has 1 atom stereocenters. The molecule has 5 nitrogen and oxygen atoms in total. The molecule has 1 amide bonds. The van der Waals surface area contributed by atoms with Gasteiger partial charge in [-0.15, -0.1) is 0 Å². The Hall–Kier alpha value is -1.75. The summed E-state index contributed by atoms with van der Waals surface area (Å²) < 4.78 is 11.0. The van der Waals surface area contributed by atoms with Gasteiger partial charge >= 0.3 is 0 Å². The smallest absolute Gasteiger partial charge is 0.239 e. The number of hydrogen-bond donors (Lipinski definition) is 1. The first kappa shape index (κ1) is 13.7. The van der Waals surface area contributed by atoms with Crippen molar-refractivity contribution < 1.29 is 14.3 Å². The summed E-state index contributed by atoms with van der Waals surface area (Å²) in [5.74, 6) is 1.45. The Labute approximate surface area is 113 Å². The van der Waals surface area contributed by atoms with E-state index in [1.807, 2.05) is 25.1 Å². The normalized spacial score (nSPS) is 14.9. The van der Waals surface area contributed by atoms with E-state index < -0.39 is 6.04 Å². The van der Waals surface area contributed by atoms with Crippen molar-refractivity contribution in [1.82, 2.24) is 4.90 Å². The number of amides is 1. The highest BCUT2D eigenvalue weighted by molar-refractivity contribution is 5.81. The standard InChI is InChI=1S/C14H20N2O3/c1-3-11(15)14(17)16(2)9-10-4-5-12-13(8-10)19-7-6-18-12/h4-5,8,11H,3,6-7,9,15H2,1-2H3/t11-/m0/s1. The summed E-state index contributed by atoms with van der Waals surface area (Å²) in [5, 5.41) is 0. The van der Waals surface area contributed by atoms with Gasteiger partial charge in [-0.3, -0.25) is 4.79 Å². The number of rotatable bonds is 4. The van der Waals surface area contributed by atoms with Gasteiger partial charge in [-0.2, -0.15) is 0 Å². The molecule has 2 N–H and O–H groups in total. The Bertz CT molecular complexity index is 462. The van der Waals surface area contributed by atoms with Crippen LogP contribution in [0.5, 0.6) is 11.5 Å². The molecule has 1 aliphatic heterocycles. The van der Waals surface area contributed by atoms with Crippen molar-refractivity contribution in [3.8, 4) is 11.5 Å². The van der Waals surface area contributed by atoms with Crippen LogP contribution in [0.25, 0.3) is 0 Å². The number of likely N-dealkylation sites (N-methyl/N-ethyl adjacent to an activating group) is 1. The Morgan fingerprint density at radius 1 is 1.37 bits per heavy atom. The highest BCUT2D eigenvalue weighted by atomic mass is 16.6. The zero-order valence-corrected chi connectivity index (χ0v) is 11.4. The minimum Gasteiger partial charge on any atom is -0.486 e. The fourth-order valence-corrected chi connectivity index (χ4v) is 2.00. The Morgan fingerprint density at radius 2 is 2.05 bits per heavy atom. The molecule has 1 aliphatic rings. The molecule has 0 fully saturated rings. The van der Waals surface area contributed by atoms with Crippen LogP contribution in [0.1, 0.15) is 18.9 Å². The largest absolute Gasteiger partial charge is 0.486 e. The third-order valence-electron chi connectivity index (χ3n) is 3.16. The fraction of sp³-hybridized carbons (Fsp3) is 0.500. The second-order valence-electron chi connectivity index (χ2n) is 4.69. The van der Waals surface area contributed by atoms with E-state index in [2.05, 4.69) is 0 Å². The van der Waals surface area contributed by atoms with Crippen molar-refractivity contribution in [2.75, 3.05) is 20.3 Å². The maximum atomic E-state index is 11.9. The van der Waals surface area contributed by atoms with Crippen LogP contribution in [0, 0.1) is 0 Å². The molecule has 0 saturated heterocycles. The predicted octanol–water partition coefficient (Wildman–Crippen LogP) is 1.15. The van der Waals surface area contributed by atoms with Gasteiger partial charge in [-0.05, 0) is 24.1 Å². The van der Waals surface area contributed by atoms with Crippen LogP contribution in [0.3, 0.4) is 0 Å². The highest BCUT2D eigenvalue weighted by Gasteiger charge is 2.17. The summed E-state index contributed by atoms with van der Waals surface area (Å²) in [7, 11) is 1.76. The lowest BCUT2D eigenvalue weighted by Gasteiger charge is -2.22. The van der Waals surface area contributed by atoms with Crippen LogP contribution in [0.4, 0.5) is 0 Å². The van der Waals surface area contributed by atoms with Crippen LogP contribution in [-0.2, 0) is 11.3 Å². The number of ether oxygens (including phenoxy) is 2. The lowest BCUT2D eigenvalue weighted by Crippen LogP contribution is -2.40. The maximum absolute atomic E-state index is 11.9. The molecule has 2 rings (SSSR count). The van der Waals surface area contributed by atoms with Crippen molar-refractivity contribution in [3.05, 3.63) is 23.8 Å². The third-order valence-corrected chi connectivity index (χ3v) is 3.16. The first-order chi connectivity index (χ1) is 9.11. The zero-order valence-electron chi connectivity index (χ0n) is 11.4. The van der Waals surface area contributed by atoms with E-state index in [4.69, 9.17) is 15.2 Å². The summed E-state index contributed by atoms with van der Waals surface area (Å²) >= 11 is 0. The average Bonchev–Trinajstić information content (AvgIpc) is 2.45. The summed E-state index contributed by atoms with van der Waals surface area (Å²) in [6, 6.07) is 5.30. The number of carbonyl (C=O) groups is 1. The number of nitrogens with zero attached hydrogens (tertiary/aromatic N) is 1. The summed E-state index contributed by atoms with van der Waals surface area (Å²) in [6.07, 6.45) is 0.643. The first-order valence-corrected chi connectivity index (χ1v) is 6.51. The molecule has 0 bridgehead atoms. The van der Waals surface area contributed by atoms with Crippen molar-refractivity contribution in [2.24, 2.45) is 5.73 Å². The van der Waals surface area contributed by atoms with Crippen LogP contribution in [0.2, 0.25) is 0 Å². The molecule has 104 valence electrons. The number of fused-ring (bicyclic) bond motifs is 1. The van der Waals surface area contributed by atoms with Gasteiger partial charge in [0, 0.05) is 13.6 Å². The van der Waals surface area contributed by atoms with Gasteiger partial charge in [-0.1, -0.05) is 13.0 Å². The van der Waals surface area contributed by atoms with E-state index in [-0.39, 0.29) is 5.91 Å². The molecule has 0 aliphatic carbocycles. The Kier molecular flexibility index (Phi) is 4.27. The van der Waals surface area contributed by atoms with Crippen molar-refractivity contribution in [2.45, 2.75) is 25.9 Å². The van der Waals surface area contributed by atoms with Gasteiger partial charge in [0.25, 0.3) is 0 Å². The van der Waals surface area contributed by atoms with E-state index in [0.717, 1.165) is 17.1 Å². The minimum atomic E-state index is -0.429. The molecule has 0 spiro atoms. The number of carbonyl (C=O) groups excluding carboxylic acids is 1. The quantitative estimate of drug-likeness (QED) is 0.886. The first-order valence-electron chi connectivity index (χ1n) is 6.51. The summed E-state index contributed by atoms with van der Waals surface area (Å²) in [5.41, 5.74) is 6.75. The minimum absolute atomic E-state index is 0.0441. The van der Waals surface area contributed by atoms with E-state index in [9.17, 15) is 4.79 Å². The fourth-order valence-electron chi connectivity index (χ4n) is 2.00. The van der Waals surface area contributed by atoms with Gasteiger partial charge in [0.05, 0.1) is 6.04 Å². The maximum Gasteiger partial charge on any atom is 0.239 e. The van der Waals surface area contributed by atoms with E-state index in [1.165, 1.54) is 0 Å². The molecule has 0 unspecified atom stereocenters. The molecule has 5 heteroatoms. The second-order valence-corrected chi connectivity index (χ2v) is 4.69. The molecule has 0 saturated carbocycles. The SMILES string of the molecule is CC[C@H](N)C(=O)N(C)Cc1ccc2c(c1)OCCO2. The monoisotopic (exact) mass is 264 g/mol.